The predicted octanol–water partition coefficient (Wildman–Crippen LogP) is 3.31. The van der Waals surface area contributed by atoms with Gasteiger partial charge in [-0.1, -0.05) is 26.0 Å². The lowest BCUT2D eigenvalue weighted by atomic mass is 9.96. The predicted molar refractivity (Wildman–Crippen MR) is 150 cm³/mol. The number of piperidine rings is 1. The average molecular weight is 577 g/mol. The molecule has 0 aliphatic carbocycles. The summed E-state index contributed by atoms with van der Waals surface area (Å²) in [5, 5.41) is 6.39. The van der Waals surface area contributed by atoms with Crippen molar-refractivity contribution < 1.29 is 27.5 Å². The van der Waals surface area contributed by atoms with Gasteiger partial charge in [0.1, 0.15) is 10.9 Å². The van der Waals surface area contributed by atoms with Crippen molar-refractivity contribution in [3.63, 3.8) is 0 Å². The quantitative estimate of drug-likeness (QED) is 0.233. The second-order valence-corrected chi connectivity index (χ2v) is 12.3. The minimum absolute atomic E-state index is 0.120. The first-order valence-electron chi connectivity index (χ1n) is 13.9. The number of carbonyl (C=O) groups excluding carboxylic acids is 2. The molecule has 1 aromatic carbocycles. The van der Waals surface area contributed by atoms with Gasteiger partial charge in [-0.05, 0) is 56.1 Å². The number of hydrogen-bond donors (Lipinski definition) is 4. The maximum Gasteiger partial charge on any atom is 0.510 e. The van der Waals surface area contributed by atoms with Crippen LogP contribution in [0.4, 0.5) is 16.4 Å². The molecule has 4 atom stereocenters. The molecular weight excluding hydrogens is 536 g/mol. The maximum absolute atomic E-state index is 13.9. The number of hydrogen-bond acceptors (Lipinski definition) is 9. The van der Waals surface area contributed by atoms with Gasteiger partial charge in [-0.2, -0.15) is 4.72 Å². The number of imidazole rings is 1. The van der Waals surface area contributed by atoms with E-state index < -0.39 is 34.4 Å². The summed E-state index contributed by atoms with van der Waals surface area (Å²) < 4.78 is 40.6. The van der Waals surface area contributed by atoms with E-state index in [1.165, 1.54) is 4.90 Å². The third kappa shape index (κ3) is 7.45. The zero-order chi connectivity index (χ0) is 28.7. The van der Waals surface area contributed by atoms with Crippen LogP contribution in [0.1, 0.15) is 52.0 Å². The Balaban J connectivity index is 1.55. The Bertz CT molecular complexity index is 1250. The van der Waals surface area contributed by atoms with Crippen molar-refractivity contribution in [2.75, 3.05) is 36.9 Å². The summed E-state index contributed by atoms with van der Waals surface area (Å²) in [6, 6.07) is 4.14. The molecule has 1 saturated heterocycles. The van der Waals surface area contributed by atoms with Crippen LogP contribution in [0.2, 0.25) is 0 Å². The van der Waals surface area contributed by atoms with E-state index in [0.717, 1.165) is 12.0 Å². The third-order valence-electron chi connectivity index (χ3n) is 7.25. The molecule has 13 heteroatoms. The molecule has 4 N–H and O–H groups in total. The maximum atomic E-state index is 13.9. The minimum Gasteiger partial charge on any atom is -0.435 e. The number of nitrogens with zero attached hydrogens (tertiary/aromatic N) is 2. The lowest BCUT2D eigenvalue weighted by Crippen LogP contribution is -2.55. The number of para-hydroxylation sites is 1. The number of aromatic amines is 1. The van der Waals surface area contributed by atoms with E-state index in [1.54, 1.807) is 31.5 Å². The highest BCUT2D eigenvalue weighted by Crippen LogP contribution is 2.32. The minimum atomic E-state index is -4.07. The van der Waals surface area contributed by atoms with Crippen molar-refractivity contribution in [2.24, 2.45) is 11.8 Å². The highest BCUT2D eigenvalue weighted by atomic mass is 32.2. The summed E-state index contributed by atoms with van der Waals surface area (Å²) in [5.41, 5.74) is 1.51. The highest BCUT2D eigenvalue weighted by Gasteiger charge is 2.38. The summed E-state index contributed by atoms with van der Waals surface area (Å²) in [6.45, 7) is 7.43. The van der Waals surface area contributed by atoms with E-state index >= 15 is 0 Å². The Morgan fingerprint density at radius 1 is 1.25 bits per heavy atom. The Kier molecular flexibility index (Phi) is 9.90. The molecule has 0 spiro atoms. The number of anilines is 2. The molecule has 2 aliphatic rings. The van der Waals surface area contributed by atoms with Crippen LogP contribution in [0, 0.1) is 11.8 Å². The van der Waals surface area contributed by atoms with Gasteiger partial charge in [0.25, 0.3) is 0 Å². The molecule has 1 amide bonds. The molecule has 1 aromatic heterocycles. The van der Waals surface area contributed by atoms with Crippen molar-refractivity contribution in [1.82, 2.24) is 19.6 Å². The number of likely N-dealkylation sites (tertiary alicyclic amines) is 1. The van der Waals surface area contributed by atoms with Crippen LogP contribution in [-0.4, -0.2) is 73.9 Å². The molecule has 0 saturated carbocycles. The molecule has 0 unspecified atom stereocenters. The standard InChI is InChI=1S/C27H40N6O6S/c1-4-38-27(35)39-23-16-18(2)10-14-33(23)25(34)21(8-6-11-28-26-29-12-13-30-26)32-40(36,37)22-9-5-7-20-15-19(3)17-31-24(20)22/h5,7,9,12-13,18-19,21,23,31-32H,4,6,8,10-11,14-17H2,1-3H3,(H2,28,29,30)/t18-,19-,21+,23-/m1/s1. The molecule has 2 aliphatic heterocycles. The van der Waals surface area contributed by atoms with Crippen molar-refractivity contribution >= 4 is 33.7 Å². The summed E-state index contributed by atoms with van der Waals surface area (Å²) in [7, 11) is -4.07. The second kappa shape index (κ2) is 13.4. The van der Waals surface area contributed by atoms with Gasteiger partial charge in [-0.25, -0.2) is 18.2 Å². The van der Waals surface area contributed by atoms with Crippen LogP contribution in [-0.2, 0) is 30.7 Å². The van der Waals surface area contributed by atoms with Gasteiger partial charge in [0.05, 0.1) is 12.3 Å². The first-order chi connectivity index (χ1) is 19.2. The lowest BCUT2D eigenvalue weighted by Gasteiger charge is -2.39. The van der Waals surface area contributed by atoms with Crippen LogP contribution in [0.15, 0.2) is 35.5 Å². The van der Waals surface area contributed by atoms with E-state index in [1.807, 2.05) is 13.0 Å². The molecule has 0 radical (unpaired) electrons. The fourth-order valence-corrected chi connectivity index (χ4v) is 6.62. The molecule has 0 bridgehead atoms. The number of amides is 1. The number of aromatic nitrogens is 2. The number of ether oxygens (including phenoxy) is 2. The molecule has 12 nitrogen and oxygen atoms in total. The fourth-order valence-electron chi connectivity index (χ4n) is 5.17. The number of nitrogens with one attached hydrogen (secondary N) is 4. The zero-order valence-electron chi connectivity index (χ0n) is 23.3. The van der Waals surface area contributed by atoms with E-state index in [4.69, 9.17) is 9.47 Å². The third-order valence-corrected chi connectivity index (χ3v) is 8.76. The van der Waals surface area contributed by atoms with E-state index in [9.17, 15) is 18.0 Å². The fraction of sp³-hybridized carbons (Fsp3) is 0.593. The van der Waals surface area contributed by atoms with Crippen LogP contribution < -0.4 is 15.4 Å². The smallest absolute Gasteiger partial charge is 0.435 e. The van der Waals surface area contributed by atoms with Crippen molar-refractivity contribution in [2.45, 2.75) is 70.0 Å². The van der Waals surface area contributed by atoms with Gasteiger partial charge in [0, 0.05) is 38.4 Å². The van der Waals surface area contributed by atoms with Gasteiger partial charge in [-0.15, -0.1) is 0 Å². The van der Waals surface area contributed by atoms with Crippen LogP contribution >= 0.6 is 0 Å². The lowest BCUT2D eigenvalue weighted by molar-refractivity contribution is -0.150. The van der Waals surface area contributed by atoms with E-state index in [-0.39, 0.29) is 23.8 Å². The number of carbonyl (C=O) groups is 2. The van der Waals surface area contributed by atoms with Gasteiger partial charge >= 0.3 is 6.16 Å². The van der Waals surface area contributed by atoms with Crippen LogP contribution in [0.25, 0.3) is 0 Å². The largest absolute Gasteiger partial charge is 0.510 e. The number of H-pyrrole nitrogens is 1. The molecule has 220 valence electrons. The Morgan fingerprint density at radius 2 is 2.08 bits per heavy atom. The summed E-state index contributed by atoms with van der Waals surface area (Å²) in [6.07, 6.45) is 4.26. The number of sulfonamides is 1. The van der Waals surface area contributed by atoms with Gasteiger partial charge in [-0.3, -0.25) is 4.79 Å². The molecule has 40 heavy (non-hydrogen) atoms. The number of rotatable bonds is 11. The Hall–Kier alpha value is -3.32. The molecule has 1 fully saturated rings. The first-order valence-corrected chi connectivity index (χ1v) is 15.4. The summed E-state index contributed by atoms with van der Waals surface area (Å²) >= 11 is 0. The van der Waals surface area contributed by atoms with E-state index in [0.29, 0.717) is 56.5 Å². The van der Waals surface area contributed by atoms with Gasteiger partial charge < -0.3 is 30.0 Å². The van der Waals surface area contributed by atoms with Crippen molar-refractivity contribution in [1.29, 1.82) is 0 Å². The summed E-state index contributed by atoms with van der Waals surface area (Å²) in [4.78, 5) is 34.7. The normalized spacial score (nSPS) is 21.6. The molecule has 2 aromatic rings. The van der Waals surface area contributed by atoms with E-state index in [2.05, 4.69) is 32.2 Å². The first kappa shape index (κ1) is 29.7. The average Bonchev–Trinajstić information content (AvgIpc) is 3.43. The van der Waals surface area contributed by atoms with Crippen molar-refractivity contribution in [3.05, 3.63) is 36.2 Å². The Labute approximate surface area is 235 Å². The topological polar surface area (TPSA) is 155 Å². The monoisotopic (exact) mass is 576 g/mol. The number of fused-ring (bicyclic) bond motifs is 1. The number of benzene rings is 1. The second-order valence-electron chi connectivity index (χ2n) is 10.6. The zero-order valence-corrected chi connectivity index (χ0v) is 24.1. The van der Waals surface area contributed by atoms with Crippen molar-refractivity contribution in [3.8, 4) is 0 Å². The van der Waals surface area contributed by atoms with Gasteiger partial charge in [0.15, 0.2) is 12.2 Å². The highest BCUT2D eigenvalue weighted by molar-refractivity contribution is 7.89. The molecular formula is C27H40N6O6S. The SMILES string of the molecule is CCOC(=O)O[C@@H]1C[C@H](C)CCN1C(=O)[C@H](CCCNc1ncc[nH]1)NS(=O)(=O)c1cccc2c1NC[C@H](C)C2. The van der Waals surface area contributed by atoms with Crippen LogP contribution in [0.3, 0.4) is 0 Å². The van der Waals surface area contributed by atoms with Gasteiger partial charge in [0.2, 0.25) is 15.9 Å². The molecule has 4 rings (SSSR count). The van der Waals surface area contributed by atoms with Crippen LogP contribution in [0.5, 0.6) is 0 Å². The Morgan fingerprint density at radius 3 is 2.83 bits per heavy atom. The molecule has 3 heterocycles. The summed E-state index contributed by atoms with van der Waals surface area (Å²) in [5.74, 6) is 0.759.